The number of hydrogen-bond donors (Lipinski definition) is 22. The first-order chi connectivity index (χ1) is 45.4. The smallest absolute Gasteiger partial charge is 0.281 e. The maximum Gasteiger partial charge on any atom is 0.281 e. The van der Waals surface area contributed by atoms with Crippen LogP contribution in [0.2, 0.25) is 0 Å². The fourth-order valence-corrected chi connectivity index (χ4v) is 10.4. The van der Waals surface area contributed by atoms with E-state index in [-0.39, 0.29) is 0 Å². The molecule has 24 N–H and O–H groups in total. The Balaban J connectivity index is 6.58. The van der Waals surface area contributed by atoms with Gasteiger partial charge in [-0.1, -0.05) is 0 Å². The number of hydrogen-bond acceptors (Lipinski definition) is 28. The van der Waals surface area contributed by atoms with Crippen LogP contribution in [0.1, 0.15) is 142 Å². The Hall–Kier alpha value is -6.62. The molecular weight excluding hydrogens is 1320 g/mol. The fraction of sp³-hybridized carbons (Fsp3) is 0.778. The van der Waals surface area contributed by atoms with E-state index in [1.54, 1.807) is 0 Å². The molecule has 0 aromatic rings. The van der Waals surface area contributed by atoms with Gasteiger partial charge in [0.1, 0.15) is 48.4 Å². The first-order valence-corrected chi connectivity index (χ1v) is 32.5. The highest BCUT2D eigenvalue weighted by Crippen LogP contribution is 2.23. The summed E-state index contributed by atoms with van der Waals surface area (Å²) >= 11 is 0. The van der Waals surface area contributed by atoms with Crippen molar-refractivity contribution in [3.05, 3.63) is 0 Å². The average molecular weight is 1430 g/mol. The normalized spacial score (nSPS) is 20.3. The van der Waals surface area contributed by atoms with Crippen molar-refractivity contribution in [3.8, 4) is 0 Å². The van der Waals surface area contributed by atoms with Crippen LogP contribution in [0, 0.1) is 35.5 Å². The van der Waals surface area contributed by atoms with E-state index in [1.165, 1.54) is 13.8 Å². The van der Waals surface area contributed by atoms with Crippen LogP contribution < -0.4 is 43.0 Å². The summed E-state index contributed by atoms with van der Waals surface area (Å²) in [7, 11) is 0. The standard InChI is InChI=1S/C63H108N8O28/c1-22(72)37(57(93)65-50(29(8)79)30(9)80)16-43(87)51(31(10)81)66-58(94)38(23(2)73)17-44(88)52(32(11)82)67-59(95)39(24(3)74)18-45(89)53(33(12)83)68-60(96)40(25(4)75)19-46(90)54(34(13)84)69-61(97)41(26(5)76)20-47(91)55(35(14)85)70-62(98)42(27(6)77)21-48(92)56(36(15)86)71-63(99)49(64)28(7)78/h22-29,31-42,49-56,72-79,81-86H,16-21,64H2,1-15H3,(H,65,93)(H,66,94)(H,67,95)(H,68,96)(H,69,97)(H,70,98)(H,71,99)/p+1. The molecule has 28 unspecified atom stereocenters. The van der Waals surface area contributed by atoms with Crippen LogP contribution in [0.5, 0.6) is 0 Å². The second-order valence-corrected chi connectivity index (χ2v) is 26.2. The highest BCUT2D eigenvalue weighted by atomic mass is 16.3. The molecule has 0 saturated carbocycles. The molecule has 0 aromatic carbocycles. The van der Waals surface area contributed by atoms with Gasteiger partial charge in [0.2, 0.25) is 35.4 Å². The molecule has 28 atom stereocenters. The molecule has 0 aliphatic carbocycles. The summed E-state index contributed by atoms with van der Waals surface area (Å²) in [6.07, 6.45) is -29.2. The highest BCUT2D eigenvalue weighted by molar-refractivity contribution is 6.01. The molecule has 0 saturated heterocycles. The minimum Gasteiger partial charge on any atom is -0.393 e. The van der Waals surface area contributed by atoms with Crippen LogP contribution in [0.25, 0.3) is 0 Å². The maximum absolute atomic E-state index is 14.0. The summed E-state index contributed by atoms with van der Waals surface area (Å²) in [4.78, 5) is 189. The van der Waals surface area contributed by atoms with Crippen LogP contribution in [0.3, 0.4) is 0 Å². The lowest BCUT2D eigenvalue weighted by atomic mass is 9.88. The van der Waals surface area contributed by atoms with E-state index in [1.807, 2.05) is 0 Å². The van der Waals surface area contributed by atoms with Crippen molar-refractivity contribution in [3.63, 3.8) is 0 Å². The molecule has 0 aliphatic heterocycles. The van der Waals surface area contributed by atoms with Crippen LogP contribution in [0.15, 0.2) is 0 Å². The number of rotatable bonds is 47. The second kappa shape index (κ2) is 42.6. The Kier molecular flexibility index (Phi) is 39.7. The third-order valence-electron chi connectivity index (χ3n) is 16.9. The van der Waals surface area contributed by atoms with Crippen molar-refractivity contribution in [2.24, 2.45) is 35.5 Å². The van der Waals surface area contributed by atoms with E-state index in [2.05, 4.69) is 43.0 Å². The molecule has 36 heteroatoms. The summed E-state index contributed by atoms with van der Waals surface area (Å²) in [5.41, 5.74) is 3.48. The number of Topliss-reactive ketones (excluding diaryl/α,β-unsaturated/α-hetero) is 7. The van der Waals surface area contributed by atoms with Gasteiger partial charge in [0.05, 0.1) is 115 Å². The van der Waals surface area contributed by atoms with Crippen molar-refractivity contribution < 1.29 is 144 Å². The lowest BCUT2D eigenvalue weighted by molar-refractivity contribution is -0.419. The number of quaternary nitrogens is 1. The molecule has 0 rings (SSSR count). The minimum atomic E-state index is -2.00. The number of nitrogens with one attached hydrogen (secondary N) is 7. The lowest BCUT2D eigenvalue weighted by Gasteiger charge is -2.30. The topological polar surface area (TPSA) is 634 Å². The molecule has 0 fully saturated rings. The van der Waals surface area contributed by atoms with Gasteiger partial charge in [-0.05, 0) is 104 Å². The number of carbonyl (C=O) groups is 14. The van der Waals surface area contributed by atoms with Crippen molar-refractivity contribution in [2.45, 2.75) is 276 Å². The Morgan fingerprint density at radius 1 is 0.222 bits per heavy atom. The predicted molar refractivity (Wildman–Crippen MR) is 343 cm³/mol. The van der Waals surface area contributed by atoms with Gasteiger partial charge >= 0.3 is 0 Å². The molecule has 7 amide bonds. The fourth-order valence-electron chi connectivity index (χ4n) is 10.4. The van der Waals surface area contributed by atoms with Gasteiger partial charge in [-0.25, -0.2) is 0 Å². The first-order valence-electron chi connectivity index (χ1n) is 32.5. The van der Waals surface area contributed by atoms with E-state index < -0.39 is 290 Å². The number of aliphatic hydroxyl groups excluding tert-OH is 14. The summed E-state index contributed by atoms with van der Waals surface area (Å²) < 4.78 is 0. The van der Waals surface area contributed by atoms with E-state index in [9.17, 15) is 139 Å². The van der Waals surface area contributed by atoms with Crippen LogP contribution in [-0.2, 0) is 67.1 Å². The van der Waals surface area contributed by atoms with E-state index >= 15 is 0 Å². The highest BCUT2D eigenvalue weighted by Gasteiger charge is 2.44. The number of amides is 7. The molecule has 0 aromatic heterocycles. The molecule has 568 valence electrons. The zero-order valence-electron chi connectivity index (χ0n) is 58.6. The largest absolute Gasteiger partial charge is 0.393 e. The Labute approximate surface area is 573 Å². The summed E-state index contributed by atoms with van der Waals surface area (Å²) in [6, 6.07) is -14.1. The SMILES string of the molecule is CC(=O)C(NC(=O)C(CC(=O)C(NC(=O)C(CC(=O)C(NC(=O)C(CC(=O)C(NC(=O)C(CC(=O)C(NC(=O)C(CC(=O)C(NC(=O)C(CC(=O)C(NC(=O)C([NH3+])C(C)O)C(C)O)C(C)O)C(C)O)C(C)O)C(C)O)C(C)O)C(C)O)C(C)O)C(C)O)C(C)O)C(C)O)C(C)O)C(C)O. The Morgan fingerprint density at radius 2 is 0.354 bits per heavy atom. The molecular formula is C63H109N8O28+. The molecule has 0 heterocycles. The molecule has 99 heavy (non-hydrogen) atoms. The quantitative estimate of drug-likeness (QED) is 0.0269. The average Bonchev–Trinajstić information content (AvgIpc) is 0.853. The van der Waals surface area contributed by atoms with Crippen LogP contribution in [-0.4, -0.2) is 287 Å². The van der Waals surface area contributed by atoms with E-state index in [0.717, 1.165) is 90.0 Å². The van der Waals surface area contributed by atoms with Crippen molar-refractivity contribution in [1.82, 2.24) is 37.2 Å². The third-order valence-corrected chi connectivity index (χ3v) is 16.9. The van der Waals surface area contributed by atoms with Crippen molar-refractivity contribution >= 4 is 81.8 Å². The van der Waals surface area contributed by atoms with Gasteiger partial charge in [0.25, 0.3) is 5.91 Å². The number of aliphatic hydroxyl groups is 14. The van der Waals surface area contributed by atoms with Gasteiger partial charge in [-0.3, -0.25) is 67.1 Å². The third kappa shape index (κ3) is 29.5. The van der Waals surface area contributed by atoms with Crippen LogP contribution in [0.4, 0.5) is 0 Å². The molecule has 0 bridgehead atoms. The zero-order valence-corrected chi connectivity index (χ0v) is 58.6. The summed E-state index contributed by atoms with van der Waals surface area (Å²) in [5, 5.41) is 163. The molecule has 0 aliphatic rings. The van der Waals surface area contributed by atoms with E-state index in [4.69, 9.17) is 0 Å². The molecule has 0 spiro atoms. The monoisotopic (exact) mass is 1430 g/mol. The van der Waals surface area contributed by atoms with E-state index in [0.29, 0.717) is 0 Å². The van der Waals surface area contributed by atoms with Crippen molar-refractivity contribution in [1.29, 1.82) is 0 Å². The zero-order chi connectivity index (χ0) is 77.4. The Morgan fingerprint density at radius 3 is 0.465 bits per heavy atom. The molecule has 36 nitrogen and oxygen atoms in total. The first kappa shape index (κ1) is 92.4. The Bertz CT molecular complexity index is 2750. The van der Waals surface area contributed by atoms with Gasteiger partial charge in [0, 0.05) is 38.5 Å². The van der Waals surface area contributed by atoms with Gasteiger partial charge in [-0.15, -0.1) is 0 Å². The maximum atomic E-state index is 14.0. The van der Waals surface area contributed by atoms with Gasteiger partial charge < -0.3 is 114 Å². The van der Waals surface area contributed by atoms with Gasteiger partial charge in [0.15, 0.2) is 46.5 Å². The second-order valence-electron chi connectivity index (χ2n) is 26.2. The predicted octanol–water partition coefficient (Wildman–Crippen LogP) is -9.64. The summed E-state index contributed by atoms with van der Waals surface area (Å²) in [5.74, 6) is -26.3. The van der Waals surface area contributed by atoms with Crippen LogP contribution >= 0.6 is 0 Å². The number of ketones is 7. The minimum absolute atomic E-state index is 0.659. The van der Waals surface area contributed by atoms with Crippen molar-refractivity contribution in [2.75, 3.05) is 0 Å². The number of carbonyl (C=O) groups excluding carboxylic acids is 14. The van der Waals surface area contributed by atoms with Gasteiger partial charge in [-0.2, -0.15) is 0 Å². The molecule has 0 radical (unpaired) electrons. The lowest BCUT2D eigenvalue weighted by Crippen LogP contribution is -2.73. The summed E-state index contributed by atoms with van der Waals surface area (Å²) in [6.45, 7) is 16.2.